The highest BCUT2D eigenvalue weighted by Gasteiger charge is 1.95. The highest BCUT2D eigenvalue weighted by molar-refractivity contribution is 9.10. The van der Waals surface area contributed by atoms with Gasteiger partial charge in [0.25, 0.3) is 0 Å². The Morgan fingerprint density at radius 3 is 2.29 bits per heavy atom. The maximum atomic E-state index is 5.80. The Balaban J connectivity index is 2.09. The van der Waals surface area contributed by atoms with Crippen molar-refractivity contribution in [3.63, 3.8) is 0 Å². The largest absolute Gasteiger partial charge is 0.369 e. The van der Waals surface area contributed by atoms with Gasteiger partial charge in [0.2, 0.25) is 0 Å². The minimum Gasteiger partial charge on any atom is -0.369 e. The van der Waals surface area contributed by atoms with Crippen molar-refractivity contribution >= 4 is 33.3 Å². The summed E-state index contributed by atoms with van der Waals surface area (Å²) in [5.74, 6) is 0.374. The molecule has 0 aliphatic heterocycles. The first-order valence-electron chi connectivity index (χ1n) is 5.16. The monoisotopic (exact) mass is 289 g/mol. The van der Waals surface area contributed by atoms with Gasteiger partial charge in [-0.3, -0.25) is 0 Å². The van der Waals surface area contributed by atoms with Crippen LogP contribution in [0.1, 0.15) is 0 Å². The Morgan fingerprint density at radius 1 is 1.00 bits per heavy atom. The molecule has 0 heterocycles. The molecule has 0 amide bonds. The standard InChI is InChI=1S/C13H12BrN3/c14-10-6-8-12(9-7-10)17-13(15)16-11-4-2-1-3-5-11/h1-9H,(H3,15,16,17). The molecule has 0 bridgehead atoms. The molecule has 0 fully saturated rings. The van der Waals surface area contributed by atoms with Gasteiger partial charge < -0.3 is 11.1 Å². The van der Waals surface area contributed by atoms with Crippen LogP contribution in [-0.2, 0) is 0 Å². The highest BCUT2D eigenvalue weighted by Crippen LogP contribution is 2.16. The zero-order valence-corrected chi connectivity index (χ0v) is 10.7. The van der Waals surface area contributed by atoms with Gasteiger partial charge in [-0.1, -0.05) is 34.1 Å². The average Bonchev–Trinajstić information content (AvgIpc) is 2.33. The zero-order valence-electron chi connectivity index (χ0n) is 9.10. The summed E-state index contributed by atoms with van der Waals surface area (Å²) in [6, 6.07) is 17.3. The van der Waals surface area contributed by atoms with Crippen LogP contribution in [0, 0.1) is 0 Å². The summed E-state index contributed by atoms with van der Waals surface area (Å²) >= 11 is 3.37. The van der Waals surface area contributed by atoms with Gasteiger partial charge in [-0.2, -0.15) is 0 Å². The normalized spacial score (nSPS) is 11.2. The minimum atomic E-state index is 0.374. The number of anilines is 1. The van der Waals surface area contributed by atoms with E-state index in [-0.39, 0.29) is 0 Å². The molecule has 86 valence electrons. The molecule has 17 heavy (non-hydrogen) atoms. The second kappa shape index (κ2) is 5.50. The average molecular weight is 290 g/mol. The third-order valence-corrected chi connectivity index (χ3v) is 2.65. The van der Waals surface area contributed by atoms with Crippen molar-refractivity contribution < 1.29 is 0 Å². The van der Waals surface area contributed by atoms with Gasteiger partial charge >= 0.3 is 0 Å². The third kappa shape index (κ3) is 3.60. The summed E-state index contributed by atoms with van der Waals surface area (Å²) in [5, 5.41) is 3.02. The van der Waals surface area contributed by atoms with Gasteiger partial charge in [0, 0.05) is 10.2 Å². The van der Waals surface area contributed by atoms with Crippen LogP contribution in [0.15, 0.2) is 64.1 Å². The summed E-state index contributed by atoms with van der Waals surface area (Å²) < 4.78 is 1.02. The molecule has 0 aliphatic carbocycles. The lowest BCUT2D eigenvalue weighted by molar-refractivity contribution is 1.43. The van der Waals surface area contributed by atoms with Crippen molar-refractivity contribution in [1.82, 2.24) is 0 Å². The molecule has 2 rings (SSSR count). The molecular formula is C13H12BrN3. The molecule has 2 aromatic carbocycles. The number of hydrogen-bond acceptors (Lipinski definition) is 1. The summed E-state index contributed by atoms with van der Waals surface area (Å²) in [4.78, 5) is 4.26. The van der Waals surface area contributed by atoms with E-state index in [9.17, 15) is 0 Å². The quantitative estimate of drug-likeness (QED) is 0.657. The van der Waals surface area contributed by atoms with E-state index >= 15 is 0 Å². The van der Waals surface area contributed by atoms with E-state index in [1.807, 2.05) is 54.6 Å². The summed E-state index contributed by atoms with van der Waals surface area (Å²) in [5.41, 5.74) is 7.54. The predicted octanol–water partition coefficient (Wildman–Crippen LogP) is 3.51. The predicted molar refractivity (Wildman–Crippen MR) is 75.5 cm³/mol. The van der Waals surface area contributed by atoms with Crippen LogP contribution >= 0.6 is 15.9 Å². The third-order valence-electron chi connectivity index (χ3n) is 2.12. The fourth-order valence-corrected chi connectivity index (χ4v) is 1.62. The van der Waals surface area contributed by atoms with E-state index in [1.165, 1.54) is 0 Å². The lowest BCUT2D eigenvalue weighted by atomic mass is 10.3. The lowest BCUT2D eigenvalue weighted by Crippen LogP contribution is -2.21. The SMILES string of the molecule is NC(=Nc1ccc(Br)cc1)Nc1ccccc1. The first-order valence-corrected chi connectivity index (χ1v) is 5.95. The number of benzene rings is 2. The fraction of sp³-hybridized carbons (Fsp3) is 0. The van der Waals surface area contributed by atoms with Gasteiger partial charge in [0.15, 0.2) is 5.96 Å². The second-order valence-electron chi connectivity index (χ2n) is 3.46. The van der Waals surface area contributed by atoms with E-state index in [1.54, 1.807) is 0 Å². The minimum absolute atomic E-state index is 0.374. The molecule has 4 heteroatoms. The van der Waals surface area contributed by atoms with Crippen LogP contribution in [0.2, 0.25) is 0 Å². The number of nitrogens with one attached hydrogen (secondary N) is 1. The number of para-hydroxylation sites is 1. The van der Waals surface area contributed by atoms with Crippen molar-refractivity contribution in [3.8, 4) is 0 Å². The summed E-state index contributed by atoms with van der Waals surface area (Å²) in [6.45, 7) is 0. The number of halogens is 1. The van der Waals surface area contributed by atoms with E-state index in [4.69, 9.17) is 5.73 Å². The Kier molecular flexibility index (Phi) is 3.77. The van der Waals surface area contributed by atoms with Crippen molar-refractivity contribution in [2.45, 2.75) is 0 Å². The van der Waals surface area contributed by atoms with Crippen LogP contribution in [0.5, 0.6) is 0 Å². The number of nitrogens with zero attached hydrogens (tertiary/aromatic N) is 1. The summed E-state index contributed by atoms with van der Waals surface area (Å²) in [6.07, 6.45) is 0. The molecule has 0 saturated heterocycles. The van der Waals surface area contributed by atoms with Crippen LogP contribution < -0.4 is 11.1 Å². The van der Waals surface area contributed by atoms with Gasteiger partial charge in [0.1, 0.15) is 0 Å². The molecule has 0 radical (unpaired) electrons. The maximum absolute atomic E-state index is 5.80. The molecule has 0 atom stereocenters. The number of guanidine groups is 1. The van der Waals surface area contributed by atoms with Crippen LogP contribution in [0.3, 0.4) is 0 Å². The smallest absolute Gasteiger partial charge is 0.198 e. The van der Waals surface area contributed by atoms with Gasteiger partial charge in [-0.05, 0) is 36.4 Å². The van der Waals surface area contributed by atoms with Crippen LogP contribution in [0.25, 0.3) is 0 Å². The number of hydrogen-bond donors (Lipinski definition) is 2. The number of rotatable bonds is 2. The van der Waals surface area contributed by atoms with Gasteiger partial charge in [-0.25, -0.2) is 4.99 Å². The zero-order chi connectivity index (χ0) is 12.1. The van der Waals surface area contributed by atoms with Gasteiger partial charge in [-0.15, -0.1) is 0 Å². The molecule has 0 saturated carbocycles. The van der Waals surface area contributed by atoms with E-state index in [0.717, 1.165) is 15.8 Å². The molecule has 2 aromatic rings. The van der Waals surface area contributed by atoms with Gasteiger partial charge in [0.05, 0.1) is 5.69 Å². The number of nitrogens with two attached hydrogens (primary N) is 1. The van der Waals surface area contributed by atoms with E-state index in [0.29, 0.717) is 5.96 Å². The van der Waals surface area contributed by atoms with Crippen molar-refractivity contribution in [1.29, 1.82) is 0 Å². The highest BCUT2D eigenvalue weighted by atomic mass is 79.9. The topological polar surface area (TPSA) is 50.4 Å². The lowest BCUT2D eigenvalue weighted by Gasteiger charge is -2.04. The Morgan fingerprint density at radius 2 is 1.65 bits per heavy atom. The number of aliphatic imine (C=N–C) groups is 1. The van der Waals surface area contributed by atoms with Crippen LogP contribution in [-0.4, -0.2) is 5.96 Å². The van der Waals surface area contributed by atoms with Crippen molar-refractivity contribution in [3.05, 3.63) is 59.1 Å². The first-order chi connectivity index (χ1) is 8.24. The van der Waals surface area contributed by atoms with E-state index < -0.39 is 0 Å². The molecule has 0 unspecified atom stereocenters. The molecule has 0 spiro atoms. The van der Waals surface area contributed by atoms with Crippen molar-refractivity contribution in [2.24, 2.45) is 10.7 Å². The Labute approximate surface area is 109 Å². The molecule has 3 N–H and O–H groups in total. The Bertz CT molecular complexity index is 506. The molecular weight excluding hydrogens is 278 g/mol. The van der Waals surface area contributed by atoms with Crippen molar-refractivity contribution in [2.75, 3.05) is 5.32 Å². The molecule has 0 aliphatic rings. The molecule has 0 aromatic heterocycles. The summed E-state index contributed by atoms with van der Waals surface area (Å²) in [7, 11) is 0. The Hall–Kier alpha value is -1.81. The van der Waals surface area contributed by atoms with Crippen LogP contribution in [0.4, 0.5) is 11.4 Å². The first kappa shape index (κ1) is 11.7. The second-order valence-corrected chi connectivity index (χ2v) is 4.38. The molecule has 3 nitrogen and oxygen atoms in total. The fourth-order valence-electron chi connectivity index (χ4n) is 1.35. The maximum Gasteiger partial charge on any atom is 0.198 e. The van der Waals surface area contributed by atoms with E-state index in [2.05, 4.69) is 26.2 Å².